The molecule has 2 heterocycles. The second kappa shape index (κ2) is 9.09. The molecular weight excluding hydrogens is 334 g/mol. The van der Waals surface area contributed by atoms with Gasteiger partial charge in [-0.05, 0) is 26.0 Å². The molecule has 0 radical (unpaired) electrons. The molecule has 1 aromatic carbocycles. The van der Waals surface area contributed by atoms with Gasteiger partial charge in [0.05, 0.1) is 31.5 Å². The first kappa shape index (κ1) is 18.8. The number of amides is 2. The molecule has 7 heteroatoms. The number of benzene rings is 1. The highest BCUT2D eigenvalue weighted by molar-refractivity contribution is 5.75. The van der Waals surface area contributed by atoms with E-state index in [2.05, 4.69) is 16.3 Å². The van der Waals surface area contributed by atoms with Crippen molar-refractivity contribution < 1.29 is 19.0 Å². The van der Waals surface area contributed by atoms with Crippen molar-refractivity contribution in [1.29, 1.82) is 0 Å². The standard InChI is InChI=1S/C19H29N3O4/c1-3-25-17-8-6-5-7-16(17)21-9-11-22(12-10-21)19(23)20-15-13-24-14-18(15)26-4-2/h5-8,15,18H,3-4,9-14H2,1-2H3,(H,20,23)/t15-,18-/m0/s1. The lowest BCUT2D eigenvalue weighted by Crippen LogP contribution is -2.55. The van der Waals surface area contributed by atoms with Crippen molar-refractivity contribution in [2.24, 2.45) is 0 Å². The highest BCUT2D eigenvalue weighted by Gasteiger charge is 2.32. The van der Waals surface area contributed by atoms with Crippen LogP contribution in [0, 0.1) is 0 Å². The number of piperazine rings is 1. The van der Waals surface area contributed by atoms with Crippen LogP contribution in [0.5, 0.6) is 5.75 Å². The average molecular weight is 363 g/mol. The maximum absolute atomic E-state index is 12.6. The predicted octanol–water partition coefficient (Wildman–Crippen LogP) is 1.72. The Balaban J connectivity index is 1.53. The number of carbonyl (C=O) groups excluding carboxylic acids is 1. The molecule has 26 heavy (non-hydrogen) atoms. The molecule has 0 aliphatic carbocycles. The number of hydrogen-bond acceptors (Lipinski definition) is 5. The van der Waals surface area contributed by atoms with Crippen molar-refractivity contribution in [2.45, 2.75) is 26.0 Å². The van der Waals surface area contributed by atoms with Gasteiger partial charge in [-0.25, -0.2) is 4.79 Å². The third kappa shape index (κ3) is 4.40. The first-order chi connectivity index (χ1) is 12.7. The fraction of sp³-hybridized carbons (Fsp3) is 0.632. The predicted molar refractivity (Wildman–Crippen MR) is 99.9 cm³/mol. The molecule has 1 N–H and O–H groups in total. The summed E-state index contributed by atoms with van der Waals surface area (Å²) < 4.78 is 16.8. The zero-order valence-electron chi connectivity index (χ0n) is 15.6. The van der Waals surface area contributed by atoms with E-state index in [9.17, 15) is 4.79 Å². The smallest absolute Gasteiger partial charge is 0.317 e. The average Bonchev–Trinajstić information content (AvgIpc) is 3.10. The van der Waals surface area contributed by atoms with Gasteiger partial charge in [0.15, 0.2) is 0 Å². The fourth-order valence-corrected chi connectivity index (χ4v) is 3.44. The maximum Gasteiger partial charge on any atom is 0.317 e. The zero-order chi connectivity index (χ0) is 18.4. The third-order valence-electron chi connectivity index (χ3n) is 4.79. The molecule has 3 rings (SSSR count). The van der Waals surface area contributed by atoms with Crippen LogP contribution in [0.1, 0.15) is 13.8 Å². The highest BCUT2D eigenvalue weighted by atomic mass is 16.5. The molecule has 2 aliphatic heterocycles. The minimum atomic E-state index is -0.0702. The molecule has 0 spiro atoms. The van der Waals surface area contributed by atoms with E-state index in [-0.39, 0.29) is 18.2 Å². The second-order valence-corrected chi connectivity index (χ2v) is 6.46. The molecule has 2 saturated heterocycles. The van der Waals surface area contributed by atoms with E-state index in [1.807, 2.05) is 36.9 Å². The van der Waals surface area contributed by atoms with E-state index in [1.165, 1.54) is 0 Å². The normalized spacial score (nSPS) is 23.2. The Kier molecular flexibility index (Phi) is 6.57. The summed E-state index contributed by atoms with van der Waals surface area (Å²) in [5.74, 6) is 0.899. The van der Waals surface area contributed by atoms with Gasteiger partial charge in [0, 0.05) is 32.8 Å². The summed E-state index contributed by atoms with van der Waals surface area (Å²) in [7, 11) is 0. The molecule has 0 bridgehead atoms. The number of anilines is 1. The monoisotopic (exact) mass is 363 g/mol. The van der Waals surface area contributed by atoms with Gasteiger partial charge in [0.25, 0.3) is 0 Å². The second-order valence-electron chi connectivity index (χ2n) is 6.46. The summed E-state index contributed by atoms with van der Waals surface area (Å²) in [6.07, 6.45) is -0.0525. The minimum absolute atomic E-state index is 0.0389. The Morgan fingerprint density at radius 3 is 2.65 bits per heavy atom. The molecule has 2 fully saturated rings. The van der Waals surface area contributed by atoms with E-state index in [4.69, 9.17) is 14.2 Å². The Labute approximate surface area is 155 Å². The molecule has 0 aromatic heterocycles. The SMILES string of the molecule is CCOc1ccccc1N1CCN(C(=O)N[C@H]2COC[C@@H]2OCC)CC1. The number of nitrogens with zero attached hydrogens (tertiary/aromatic N) is 2. The van der Waals surface area contributed by atoms with E-state index < -0.39 is 0 Å². The van der Waals surface area contributed by atoms with Crippen molar-refractivity contribution in [2.75, 3.05) is 57.5 Å². The highest BCUT2D eigenvalue weighted by Crippen LogP contribution is 2.28. The molecule has 144 valence electrons. The number of rotatable bonds is 6. The van der Waals surface area contributed by atoms with Gasteiger partial charge < -0.3 is 29.3 Å². The molecule has 0 unspecified atom stereocenters. The fourth-order valence-electron chi connectivity index (χ4n) is 3.44. The number of ether oxygens (including phenoxy) is 3. The summed E-state index contributed by atoms with van der Waals surface area (Å²) >= 11 is 0. The summed E-state index contributed by atoms with van der Waals surface area (Å²) in [6, 6.07) is 7.96. The summed E-state index contributed by atoms with van der Waals surface area (Å²) in [4.78, 5) is 16.7. The number of hydrogen-bond donors (Lipinski definition) is 1. The van der Waals surface area contributed by atoms with Crippen molar-refractivity contribution in [3.05, 3.63) is 24.3 Å². The first-order valence-corrected chi connectivity index (χ1v) is 9.44. The topological polar surface area (TPSA) is 63.3 Å². The molecule has 2 amide bonds. The molecule has 7 nitrogen and oxygen atoms in total. The van der Waals surface area contributed by atoms with Gasteiger partial charge >= 0.3 is 6.03 Å². The van der Waals surface area contributed by atoms with Crippen LogP contribution < -0.4 is 15.0 Å². The van der Waals surface area contributed by atoms with Gasteiger partial charge in [-0.1, -0.05) is 12.1 Å². The maximum atomic E-state index is 12.6. The first-order valence-electron chi connectivity index (χ1n) is 9.44. The summed E-state index contributed by atoms with van der Waals surface area (Å²) in [5, 5.41) is 3.06. The molecule has 2 aliphatic rings. The molecule has 2 atom stereocenters. The Bertz CT molecular complexity index is 590. The minimum Gasteiger partial charge on any atom is -0.492 e. The molecule has 0 saturated carbocycles. The Morgan fingerprint density at radius 2 is 1.92 bits per heavy atom. The third-order valence-corrected chi connectivity index (χ3v) is 4.79. The Morgan fingerprint density at radius 1 is 1.15 bits per heavy atom. The lowest BCUT2D eigenvalue weighted by Gasteiger charge is -2.37. The van der Waals surface area contributed by atoms with Crippen molar-refractivity contribution >= 4 is 11.7 Å². The van der Waals surface area contributed by atoms with Gasteiger partial charge in [0.2, 0.25) is 0 Å². The summed E-state index contributed by atoms with van der Waals surface area (Å²) in [5.41, 5.74) is 1.09. The van der Waals surface area contributed by atoms with E-state index >= 15 is 0 Å². The van der Waals surface area contributed by atoms with Gasteiger partial charge in [-0.3, -0.25) is 0 Å². The number of urea groups is 1. The lowest BCUT2D eigenvalue weighted by molar-refractivity contribution is 0.0417. The van der Waals surface area contributed by atoms with Crippen molar-refractivity contribution in [3.63, 3.8) is 0 Å². The van der Waals surface area contributed by atoms with Crippen LogP contribution in [0.4, 0.5) is 10.5 Å². The Hall–Kier alpha value is -1.99. The lowest BCUT2D eigenvalue weighted by atomic mass is 10.2. The van der Waals surface area contributed by atoms with E-state index in [0.29, 0.717) is 39.5 Å². The summed E-state index contributed by atoms with van der Waals surface area (Å²) in [6.45, 7) is 9.19. The zero-order valence-corrected chi connectivity index (χ0v) is 15.6. The van der Waals surface area contributed by atoms with Crippen LogP contribution in [-0.2, 0) is 9.47 Å². The molecule has 1 aromatic rings. The van der Waals surface area contributed by atoms with Crippen LogP contribution in [0.15, 0.2) is 24.3 Å². The number of para-hydroxylation sites is 2. The van der Waals surface area contributed by atoms with Crippen LogP contribution in [-0.4, -0.2) is 75.7 Å². The number of carbonyl (C=O) groups is 1. The largest absolute Gasteiger partial charge is 0.492 e. The van der Waals surface area contributed by atoms with Gasteiger partial charge in [0.1, 0.15) is 11.9 Å². The van der Waals surface area contributed by atoms with E-state index in [1.54, 1.807) is 0 Å². The quantitative estimate of drug-likeness (QED) is 0.834. The number of nitrogens with one attached hydrogen (secondary N) is 1. The van der Waals surface area contributed by atoms with Crippen molar-refractivity contribution in [1.82, 2.24) is 10.2 Å². The van der Waals surface area contributed by atoms with Crippen LogP contribution >= 0.6 is 0 Å². The van der Waals surface area contributed by atoms with E-state index in [0.717, 1.165) is 24.5 Å². The van der Waals surface area contributed by atoms with Crippen LogP contribution in [0.25, 0.3) is 0 Å². The van der Waals surface area contributed by atoms with Crippen molar-refractivity contribution in [3.8, 4) is 5.75 Å². The van der Waals surface area contributed by atoms with Gasteiger partial charge in [-0.15, -0.1) is 0 Å². The van der Waals surface area contributed by atoms with Gasteiger partial charge in [-0.2, -0.15) is 0 Å². The van der Waals surface area contributed by atoms with Crippen LogP contribution in [0.3, 0.4) is 0 Å². The molecular formula is C19H29N3O4. The van der Waals surface area contributed by atoms with Crippen LogP contribution in [0.2, 0.25) is 0 Å².